The van der Waals surface area contributed by atoms with E-state index in [1.54, 1.807) is 13.8 Å². The van der Waals surface area contributed by atoms with E-state index < -0.39 is 11.6 Å². The monoisotopic (exact) mass is 185 g/mol. The van der Waals surface area contributed by atoms with Crippen LogP contribution in [0.25, 0.3) is 0 Å². The largest absolute Gasteiger partial charge is 0.380 e. The highest BCUT2D eigenvalue weighted by atomic mass is 16.3. The van der Waals surface area contributed by atoms with Gasteiger partial charge in [-0.1, -0.05) is 13.8 Å². The van der Waals surface area contributed by atoms with Gasteiger partial charge < -0.3 is 16.6 Å². The second-order valence-electron chi connectivity index (χ2n) is 3.72. The molecular weight excluding hydrogens is 170 g/mol. The van der Waals surface area contributed by atoms with Crippen molar-refractivity contribution in [3.05, 3.63) is 0 Å². The molecule has 0 radical (unpaired) electrons. The van der Waals surface area contributed by atoms with Crippen molar-refractivity contribution in [2.45, 2.75) is 31.9 Å². The Morgan fingerprint density at radius 3 is 2.54 bits per heavy atom. The molecule has 1 aliphatic carbocycles. The summed E-state index contributed by atoms with van der Waals surface area (Å²) in [6.45, 7) is 3.48. The van der Waals surface area contributed by atoms with Gasteiger partial charge in [-0.25, -0.2) is 4.99 Å². The van der Waals surface area contributed by atoms with E-state index in [0.29, 0.717) is 6.42 Å². The minimum Gasteiger partial charge on any atom is -0.380 e. The molecule has 2 atom stereocenters. The zero-order chi connectivity index (χ0) is 10.2. The SMILES string of the molecule is CC(C)C(=O)C1(O)CC1N=C(N)N. The lowest BCUT2D eigenvalue weighted by Crippen LogP contribution is -2.32. The summed E-state index contributed by atoms with van der Waals surface area (Å²) >= 11 is 0. The number of hydrogen-bond acceptors (Lipinski definition) is 3. The Hall–Kier alpha value is -1.10. The van der Waals surface area contributed by atoms with Gasteiger partial charge in [0, 0.05) is 12.3 Å². The van der Waals surface area contributed by atoms with Crippen molar-refractivity contribution in [3.8, 4) is 0 Å². The lowest BCUT2D eigenvalue weighted by molar-refractivity contribution is -0.132. The molecule has 13 heavy (non-hydrogen) atoms. The fourth-order valence-corrected chi connectivity index (χ4v) is 1.33. The van der Waals surface area contributed by atoms with Gasteiger partial charge in [0.05, 0.1) is 6.04 Å². The first-order valence-corrected chi connectivity index (χ1v) is 4.23. The molecule has 1 saturated carbocycles. The number of Topliss-reactive ketones (excluding diaryl/α,β-unsaturated/α-hetero) is 1. The number of aliphatic hydroxyl groups is 1. The zero-order valence-corrected chi connectivity index (χ0v) is 7.82. The Kier molecular flexibility index (Phi) is 2.30. The maximum absolute atomic E-state index is 11.4. The smallest absolute Gasteiger partial charge is 0.186 e. The van der Waals surface area contributed by atoms with E-state index in [0.717, 1.165) is 0 Å². The molecule has 5 N–H and O–H groups in total. The maximum Gasteiger partial charge on any atom is 0.186 e. The lowest BCUT2D eigenvalue weighted by atomic mass is 10.0. The van der Waals surface area contributed by atoms with Crippen molar-refractivity contribution >= 4 is 11.7 Å². The number of carbonyl (C=O) groups excluding carboxylic acids is 1. The first kappa shape index (κ1) is 9.98. The van der Waals surface area contributed by atoms with Gasteiger partial charge in [0.2, 0.25) is 0 Å². The number of aliphatic imine (C=N–C) groups is 1. The number of nitrogens with zero attached hydrogens (tertiary/aromatic N) is 1. The molecule has 0 saturated heterocycles. The normalized spacial score (nSPS) is 31.5. The summed E-state index contributed by atoms with van der Waals surface area (Å²) in [6.07, 6.45) is 0.335. The lowest BCUT2D eigenvalue weighted by Gasteiger charge is -2.09. The molecule has 1 fully saturated rings. The average molecular weight is 185 g/mol. The highest BCUT2D eigenvalue weighted by Gasteiger charge is 2.59. The number of nitrogens with two attached hydrogens (primary N) is 2. The third kappa shape index (κ3) is 1.80. The quantitative estimate of drug-likeness (QED) is 0.387. The Balaban J connectivity index is 2.65. The number of guanidine groups is 1. The fraction of sp³-hybridized carbons (Fsp3) is 0.750. The zero-order valence-electron chi connectivity index (χ0n) is 7.82. The summed E-state index contributed by atoms with van der Waals surface area (Å²) in [7, 11) is 0. The van der Waals surface area contributed by atoms with Crippen LogP contribution in [0.15, 0.2) is 4.99 Å². The molecule has 0 aromatic heterocycles. The maximum atomic E-state index is 11.4. The standard InChI is InChI=1S/C8H15N3O2/c1-4(2)6(12)8(13)3-5(8)11-7(9)10/h4-5,13H,3H2,1-2H3,(H4,9,10,11). The van der Waals surface area contributed by atoms with E-state index in [1.807, 2.05) is 0 Å². The molecule has 1 aliphatic rings. The van der Waals surface area contributed by atoms with Crippen LogP contribution in [0, 0.1) is 5.92 Å². The van der Waals surface area contributed by atoms with Gasteiger partial charge in [-0.15, -0.1) is 0 Å². The minimum absolute atomic E-state index is 0.0857. The topological polar surface area (TPSA) is 102 Å². The molecular formula is C8H15N3O2. The van der Waals surface area contributed by atoms with Gasteiger partial charge in [0.1, 0.15) is 5.60 Å². The van der Waals surface area contributed by atoms with Crippen LogP contribution in [0.4, 0.5) is 0 Å². The summed E-state index contributed by atoms with van der Waals surface area (Å²) in [5, 5.41) is 9.71. The Morgan fingerprint density at radius 2 is 2.15 bits per heavy atom. The van der Waals surface area contributed by atoms with Gasteiger partial charge in [-0.2, -0.15) is 0 Å². The number of rotatable bonds is 3. The van der Waals surface area contributed by atoms with Crippen LogP contribution in [0.3, 0.4) is 0 Å². The molecule has 0 spiro atoms. The van der Waals surface area contributed by atoms with Crippen LogP contribution < -0.4 is 11.5 Å². The van der Waals surface area contributed by atoms with Crippen LogP contribution >= 0.6 is 0 Å². The van der Waals surface area contributed by atoms with Crippen molar-refractivity contribution in [2.24, 2.45) is 22.4 Å². The van der Waals surface area contributed by atoms with Crippen LogP contribution in [0.1, 0.15) is 20.3 Å². The summed E-state index contributed by atoms with van der Waals surface area (Å²) in [4.78, 5) is 15.2. The number of carbonyl (C=O) groups is 1. The molecule has 0 heterocycles. The van der Waals surface area contributed by atoms with Gasteiger partial charge in [-0.05, 0) is 0 Å². The third-order valence-corrected chi connectivity index (χ3v) is 2.15. The third-order valence-electron chi connectivity index (χ3n) is 2.15. The van der Waals surface area contributed by atoms with Crippen LogP contribution in [-0.4, -0.2) is 28.5 Å². The van der Waals surface area contributed by atoms with Gasteiger partial charge in [0.15, 0.2) is 11.7 Å². The second-order valence-corrected chi connectivity index (χ2v) is 3.72. The van der Waals surface area contributed by atoms with Gasteiger partial charge >= 0.3 is 0 Å². The molecule has 74 valence electrons. The van der Waals surface area contributed by atoms with E-state index in [1.165, 1.54) is 0 Å². The first-order chi connectivity index (χ1) is 5.88. The van der Waals surface area contributed by atoms with E-state index in [2.05, 4.69) is 4.99 Å². The van der Waals surface area contributed by atoms with Crippen molar-refractivity contribution < 1.29 is 9.90 Å². The van der Waals surface area contributed by atoms with Crippen LogP contribution in [-0.2, 0) is 4.79 Å². The Labute approximate surface area is 76.8 Å². The van der Waals surface area contributed by atoms with E-state index in [4.69, 9.17) is 11.5 Å². The highest BCUT2D eigenvalue weighted by Crippen LogP contribution is 2.41. The fourth-order valence-electron chi connectivity index (χ4n) is 1.33. The average Bonchev–Trinajstić information content (AvgIpc) is 2.60. The summed E-state index contributed by atoms with van der Waals surface area (Å²) in [5.41, 5.74) is 8.96. The summed E-state index contributed by atoms with van der Waals surface area (Å²) in [5.74, 6) is -0.468. The number of hydrogen-bond donors (Lipinski definition) is 3. The molecule has 0 aromatic rings. The van der Waals surface area contributed by atoms with Crippen molar-refractivity contribution in [1.29, 1.82) is 0 Å². The molecule has 5 heteroatoms. The minimum atomic E-state index is -1.31. The predicted molar refractivity (Wildman–Crippen MR) is 49.0 cm³/mol. The molecule has 1 rings (SSSR count). The van der Waals surface area contributed by atoms with Crippen LogP contribution in [0.2, 0.25) is 0 Å². The molecule has 0 bridgehead atoms. The van der Waals surface area contributed by atoms with E-state index in [9.17, 15) is 9.90 Å². The van der Waals surface area contributed by atoms with E-state index in [-0.39, 0.29) is 17.7 Å². The predicted octanol–water partition coefficient (Wildman–Crippen LogP) is -1.01. The molecule has 5 nitrogen and oxygen atoms in total. The molecule has 2 unspecified atom stereocenters. The van der Waals surface area contributed by atoms with E-state index >= 15 is 0 Å². The van der Waals surface area contributed by atoms with Crippen molar-refractivity contribution in [2.75, 3.05) is 0 Å². The number of ketones is 1. The summed E-state index contributed by atoms with van der Waals surface area (Å²) in [6, 6.07) is -0.438. The van der Waals surface area contributed by atoms with Crippen LogP contribution in [0.5, 0.6) is 0 Å². The molecule has 0 amide bonds. The van der Waals surface area contributed by atoms with Crippen molar-refractivity contribution in [3.63, 3.8) is 0 Å². The molecule has 0 aliphatic heterocycles. The molecule has 0 aromatic carbocycles. The summed E-state index contributed by atoms with van der Waals surface area (Å²) < 4.78 is 0. The van der Waals surface area contributed by atoms with Gasteiger partial charge in [-0.3, -0.25) is 4.79 Å². The Morgan fingerprint density at radius 1 is 1.62 bits per heavy atom. The highest BCUT2D eigenvalue weighted by molar-refractivity contribution is 5.93. The second kappa shape index (κ2) is 2.99. The van der Waals surface area contributed by atoms with Crippen molar-refractivity contribution in [1.82, 2.24) is 0 Å². The Bertz CT molecular complexity index is 258. The first-order valence-electron chi connectivity index (χ1n) is 4.23. The van der Waals surface area contributed by atoms with Gasteiger partial charge in [0.25, 0.3) is 0 Å².